The summed E-state index contributed by atoms with van der Waals surface area (Å²) in [5.74, 6) is -1.51. The van der Waals surface area contributed by atoms with E-state index in [9.17, 15) is 36.1 Å². The number of halogens is 4. The molecule has 0 spiro atoms. The second-order valence-corrected chi connectivity index (χ2v) is 7.99. The van der Waals surface area contributed by atoms with Gasteiger partial charge in [0.05, 0.1) is 15.4 Å². The van der Waals surface area contributed by atoms with Crippen LogP contribution in [-0.2, 0) is 16.2 Å². The Labute approximate surface area is 163 Å². The number of sulfonamides is 1. The van der Waals surface area contributed by atoms with Gasteiger partial charge in [-0.1, -0.05) is 13.0 Å². The molecule has 2 N–H and O–H groups in total. The molecular weight excluding hydrogens is 418 g/mol. The molecular formula is C17H17F4N3O4S. The number of rotatable bonds is 7. The highest BCUT2D eigenvalue weighted by Gasteiger charge is 2.34. The van der Waals surface area contributed by atoms with E-state index in [0.717, 1.165) is 34.6 Å². The molecule has 158 valence electrons. The van der Waals surface area contributed by atoms with E-state index >= 15 is 0 Å². The maximum Gasteiger partial charge on any atom is 0.419 e. The third-order valence-corrected chi connectivity index (χ3v) is 6.12. The van der Waals surface area contributed by atoms with Crippen LogP contribution < -0.4 is 5.73 Å². The molecule has 0 aliphatic rings. The lowest BCUT2D eigenvalue weighted by Crippen LogP contribution is -2.37. The summed E-state index contributed by atoms with van der Waals surface area (Å²) in [5, 5.41) is 10.7. The van der Waals surface area contributed by atoms with Gasteiger partial charge in [0.15, 0.2) is 0 Å². The van der Waals surface area contributed by atoms with Gasteiger partial charge in [-0.15, -0.1) is 0 Å². The van der Waals surface area contributed by atoms with E-state index in [2.05, 4.69) is 0 Å². The summed E-state index contributed by atoms with van der Waals surface area (Å²) in [6, 6.07) is 5.27. The Morgan fingerprint density at radius 2 is 1.76 bits per heavy atom. The SMILES string of the molecule is CCN(C[C@@H](N)c1ccc(C(F)(F)F)c(F)c1)S(=O)(=O)c1ccc([N+](=O)[O-])cc1. The first kappa shape index (κ1) is 22.7. The molecule has 2 aromatic carbocycles. The quantitative estimate of drug-likeness (QED) is 0.407. The minimum atomic E-state index is -4.86. The van der Waals surface area contributed by atoms with Crippen LogP contribution in [-0.4, -0.2) is 30.7 Å². The van der Waals surface area contributed by atoms with Crippen LogP contribution in [0.15, 0.2) is 47.4 Å². The number of nitrogens with two attached hydrogens (primary N) is 1. The topological polar surface area (TPSA) is 107 Å². The highest BCUT2D eigenvalue weighted by molar-refractivity contribution is 7.89. The van der Waals surface area contributed by atoms with E-state index in [1.165, 1.54) is 6.92 Å². The lowest BCUT2D eigenvalue weighted by Gasteiger charge is -2.24. The van der Waals surface area contributed by atoms with Crippen LogP contribution in [0.4, 0.5) is 23.2 Å². The Balaban J connectivity index is 2.26. The summed E-state index contributed by atoms with van der Waals surface area (Å²) in [5.41, 5.74) is 4.16. The lowest BCUT2D eigenvalue weighted by atomic mass is 10.0. The number of hydrogen-bond acceptors (Lipinski definition) is 5. The molecule has 0 radical (unpaired) electrons. The van der Waals surface area contributed by atoms with Crippen molar-refractivity contribution in [2.24, 2.45) is 5.73 Å². The Morgan fingerprint density at radius 1 is 1.17 bits per heavy atom. The van der Waals surface area contributed by atoms with Crippen LogP contribution in [0, 0.1) is 15.9 Å². The first-order valence-corrected chi connectivity index (χ1v) is 9.68. The molecule has 0 heterocycles. The summed E-state index contributed by atoms with van der Waals surface area (Å²) >= 11 is 0. The second kappa shape index (κ2) is 8.43. The highest BCUT2D eigenvalue weighted by atomic mass is 32.2. The number of nitro benzene ring substituents is 1. The van der Waals surface area contributed by atoms with Gasteiger partial charge in [-0.25, -0.2) is 12.8 Å². The highest BCUT2D eigenvalue weighted by Crippen LogP contribution is 2.32. The predicted molar refractivity (Wildman–Crippen MR) is 95.9 cm³/mol. The van der Waals surface area contributed by atoms with Gasteiger partial charge in [0.2, 0.25) is 10.0 Å². The van der Waals surface area contributed by atoms with Gasteiger partial charge >= 0.3 is 6.18 Å². The van der Waals surface area contributed by atoms with Crippen molar-refractivity contribution in [2.45, 2.75) is 24.0 Å². The van der Waals surface area contributed by atoms with Crippen LogP contribution >= 0.6 is 0 Å². The molecule has 0 saturated carbocycles. The van der Waals surface area contributed by atoms with Crippen molar-refractivity contribution >= 4 is 15.7 Å². The molecule has 0 amide bonds. The monoisotopic (exact) mass is 435 g/mol. The van der Waals surface area contributed by atoms with Crippen molar-refractivity contribution in [3.63, 3.8) is 0 Å². The van der Waals surface area contributed by atoms with Crippen LogP contribution in [0.5, 0.6) is 0 Å². The van der Waals surface area contributed by atoms with Gasteiger partial charge in [0.25, 0.3) is 5.69 Å². The van der Waals surface area contributed by atoms with Crippen LogP contribution in [0.3, 0.4) is 0 Å². The third kappa shape index (κ3) is 5.08. The summed E-state index contributed by atoms with van der Waals surface area (Å²) in [6.07, 6.45) is -4.86. The molecule has 0 aliphatic carbocycles. The molecule has 29 heavy (non-hydrogen) atoms. The van der Waals surface area contributed by atoms with Gasteiger partial charge in [-0.05, 0) is 29.8 Å². The first-order valence-electron chi connectivity index (χ1n) is 8.24. The van der Waals surface area contributed by atoms with Crippen LogP contribution in [0.25, 0.3) is 0 Å². The van der Waals surface area contributed by atoms with Crippen molar-refractivity contribution < 1.29 is 30.9 Å². The predicted octanol–water partition coefficient (Wildman–Crippen LogP) is 3.46. The molecule has 1 atom stereocenters. The largest absolute Gasteiger partial charge is 0.419 e. The molecule has 2 rings (SSSR count). The van der Waals surface area contributed by atoms with E-state index in [0.29, 0.717) is 12.1 Å². The Kier molecular flexibility index (Phi) is 6.60. The van der Waals surface area contributed by atoms with Crippen molar-refractivity contribution in [2.75, 3.05) is 13.1 Å². The number of non-ortho nitro benzene ring substituents is 1. The van der Waals surface area contributed by atoms with E-state index in [-0.39, 0.29) is 29.2 Å². The van der Waals surface area contributed by atoms with E-state index in [1.54, 1.807) is 0 Å². The van der Waals surface area contributed by atoms with Gasteiger partial charge < -0.3 is 5.73 Å². The van der Waals surface area contributed by atoms with E-state index < -0.39 is 38.5 Å². The number of alkyl halides is 3. The zero-order chi connectivity index (χ0) is 22.0. The fraction of sp³-hybridized carbons (Fsp3) is 0.294. The first-order chi connectivity index (χ1) is 13.4. The lowest BCUT2D eigenvalue weighted by molar-refractivity contribution is -0.384. The number of nitrogens with zero attached hydrogens (tertiary/aromatic N) is 2. The molecule has 0 unspecified atom stereocenters. The standard InChI is InChI=1S/C17H17F4N3O4S/c1-2-23(29(27,28)13-6-4-12(5-7-13)24(25)26)10-16(22)11-3-8-14(15(18)9-11)17(19,20)21/h3-9,16H,2,10,22H2,1H3/t16-/m1/s1. The normalized spacial score (nSPS) is 13.5. The minimum Gasteiger partial charge on any atom is -0.323 e. The maximum atomic E-state index is 13.8. The minimum absolute atomic E-state index is 0.00662. The van der Waals surface area contributed by atoms with Crippen molar-refractivity contribution in [3.05, 3.63) is 69.5 Å². The van der Waals surface area contributed by atoms with Gasteiger partial charge in [0.1, 0.15) is 5.82 Å². The number of nitro groups is 1. The Bertz CT molecular complexity index is 995. The number of likely N-dealkylation sites (N-methyl/N-ethyl adjacent to an activating group) is 1. The second-order valence-electron chi connectivity index (χ2n) is 6.05. The zero-order valence-electron chi connectivity index (χ0n) is 15.1. The maximum absolute atomic E-state index is 13.8. The summed E-state index contributed by atoms with van der Waals surface area (Å²) < 4.78 is 78.2. The number of benzene rings is 2. The number of hydrogen-bond donors (Lipinski definition) is 1. The average molecular weight is 435 g/mol. The molecule has 0 aromatic heterocycles. The summed E-state index contributed by atoms with van der Waals surface area (Å²) in [6.45, 7) is 1.15. The van der Waals surface area contributed by atoms with Gasteiger partial charge in [-0.2, -0.15) is 17.5 Å². The fourth-order valence-corrected chi connectivity index (χ4v) is 4.08. The summed E-state index contributed by atoms with van der Waals surface area (Å²) in [4.78, 5) is 9.81. The zero-order valence-corrected chi connectivity index (χ0v) is 15.9. The van der Waals surface area contributed by atoms with Crippen molar-refractivity contribution in [1.82, 2.24) is 4.31 Å². The van der Waals surface area contributed by atoms with E-state index in [4.69, 9.17) is 5.73 Å². The van der Waals surface area contributed by atoms with Gasteiger partial charge in [0, 0.05) is 31.3 Å². The molecule has 0 aliphatic heterocycles. The molecule has 0 fully saturated rings. The molecule has 7 nitrogen and oxygen atoms in total. The Morgan fingerprint density at radius 3 is 2.21 bits per heavy atom. The summed E-state index contributed by atoms with van der Waals surface area (Å²) in [7, 11) is -4.08. The third-order valence-electron chi connectivity index (χ3n) is 4.17. The van der Waals surface area contributed by atoms with E-state index in [1.807, 2.05) is 0 Å². The van der Waals surface area contributed by atoms with Crippen LogP contribution in [0.1, 0.15) is 24.1 Å². The van der Waals surface area contributed by atoms with Crippen molar-refractivity contribution in [3.8, 4) is 0 Å². The van der Waals surface area contributed by atoms with Crippen LogP contribution in [0.2, 0.25) is 0 Å². The van der Waals surface area contributed by atoms with Gasteiger partial charge in [-0.3, -0.25) is 10.1 Å². The van der Waals surface area contributed by atoms with Crippen molar-refractivity contribution in [1.29, 1.82) is 0 Å². The fourth-order valence-electron chi connectivity index (χ4n) is 2.60. The Hall–Kier alpha value is -2.57. The molecule has 12 heteroatoms. The average Bonchev–Trinajstić information content (AvgIpc) is 2.64. The molecule has 0 saturated heterocycles. The smallest absolute Gasteiger partial charge is 0.323 e. The molecule has 2 aromatic rings. The molecule has 0 bridgehead atoms.